The summed E-state index contributed by atoms with van der Waals surface area (Å²) in [6.07, 6.45) is 4.06. The molecule has 2 atom stereocenters. The molecule has 1 N–H and O–H groups in total. The van der Waals surface area contributed by atoms with Crippen molar-refractivity contribution in [3.63, 3.8) is 0 Å². The predicted octanol–water partition coefficient (Wildman–Crippen LogP) is 3.12. The number of rotatable bonds is 5. The Bertz CT molecular complexity index is 442. The third-order valence-electron chi connectivity index (χ3n) is 4.05. The van der Waals surface area contributed by atoms with Gasteiger partial charge in [-0.1, -0.05) is 17.7 Å². The van der Waals surface area contributed by atoms with E-state index in [2.05, 4.69) is 5.32 Å². The Morgan fingerprint density at radius 3 is 2.74 bits per heavy atom. The molecule has 104 valence electrons. The van der Waals surface area contributed by atoms with Crippen molar-refractivity contribution in [3.8, 4) is 11.5 Å². The van der Waals surface area contributed by atoms with E-state index in [1.807, 2.05) is 18.2 Å². The number of halogens is 1. The molecule has 2 fully saturated rings. The van der Waals surface area contributed by atoms with Gasteiger partial charge in [0.25, 0.3) is 0 Å². The molecule has 1 aromatic carbocycles. The van der Waals surface area contributed by atoms with Gasteiger partial charge in [0.05, 0.1) is 12.1 Å². The Morgan fingerprint density at radius 1 is 1.26 bits per heavy atom. The molecule has 1 heterocycles. The molecule has 2 aliphatic rings. The Balaban J connectivity index is 1.79. The molecule has 1 saturated carbocycles. The second-order valence-corrected chi connectivity index (χ2v) is 5.85. The van der Waals surface area contributed by atoms with Crippen molar-refractivity contribution >= 4 is 11.6 Å². The Hall–Kier alpha value is -0.930. The largest absolute Gasteiger partial charge is 0.491 e. The van der Waals surface area contributed by atoms with Gasteiger partial charge in [-0.3, -0.25) is 0 Å². The van der Waals surface area contributed by atoms with Crippen molar-refractivity contribution in [2.24, 2.45) is 11.8 Å². The monoisotopic (exact) mass is 281 g/mol. The van der Waals surface area contributed by atoms with Crippen LogP contribution < -0.4 is 14.8 Å². The van der Waals surface area contributed by atoms with Crippen molar-refractivity contribution in [2.45, 2.75) is 25.4 Å². The van der Waals surface area contributed by atoms with Crippen LogP contribution in [0.25, 0.3) is 0 Å². The highest BCUT2D eigenvalue weighted by atomic mass is 35.5. The molecule has 1 aliphatic heterocycles. The average Bonchev–Trinajstić information content (AvgIpc) is 3.10. The Morgan fingerprint density at radius 2 is 2.11 bits per heavy atom. The van der Waals surface area contributed by atoms with Gasteiger partial charge < -0.3 is 14.8 Å². The molecule has 1 aromatic rings. The fourth-order valence-electron chi connectivity index (χ4n) is 2.89. The maximum atomic E-state index is 6.28. The zero-order valence-electron chi connectivity index (χ0n) is 11.2. The van der Waals surface area contributed by atoms with Crippen molar-refractivity contribution in [1.82, 2.24) is 5.32 Å². The maximum Gasteiger partial charge on any atom is 0.179 e. The van der Waals surface area contributed by atoms with Gasteiger partial charge in [-0.15, -0.1) is 0 Å². The summed E-state index contributed by atoms with van der Waals surface area (Å²) < 4.78 is 11.6. The number of hydrogen-bond acceptors (Lipinski definition) is 3. The fraction of sp³-hybridized carbons (Fsp3) is 0.600. The minimum atomic E-state index is 0.294. The molecule has 0 radical (unpaired) electrons. The maximum absolute atomic E-state index is 6.28. The van der Waals surface area contributed by atoms with Gasteiger partial charge in [-0.25, -0.2) is 0 Å². The van der Waals surface area contributed by atoms with E-state index in [-0.39, 0.29) is 0 Å². The van der Waals surface area contributed by atoms with Crippen molar-refractivity contribution in [2.75, 3.05) is 20.2 Å². The standard InChI is InChI=1S/C15H20ClNO2/c1-18-15-12(16)3-2-4-13(15)19-14(10-5-6-10)11-7-8-17-9-11/h2-4,10-11,14,17H,5-9H2,1H3/t11-,14-/m0/s1. The molecule has 0 amide bonds. The third kappa shape index (κ3) is 2.82. The topological polar surface area (TPSA) is 30.5 Å². The van der Waals surface area contributed by atoms with Crippen molar-refractivity contribution in [1.29, 1.82) is 0 Å². The van der Waals surface area contributed by atoms with Crippen molar-refractivity contribution in [3.05, 3.63) is 23.2 Å². The SMILES string of the molecule is COc1c(Cl)cccc1O[C@@H](C1CC1)[C@H]1CCNC1. The lowest BCUT2D eigenvalue weighted by molar-refractivity contribution is 0.116. The average molecular weight is 282 g/mol. The lowest BCUT2D eigenvalue weighted by Crippen LogP contribution is -2.31. The summed E-state index contributed by atoms with van der Waals surface area (Å²) in [4.78, 5) is 0. The summed E-state index contributed by atoms with van der Waals surface area (Å²) in [6, 6.07) is 5.69. The van der Waals surface area contributed by atoms with Crippen LogP contribution in [0.3, 0.4) is 0 Å². The molecule has 3 rings (SSSR count). The first kappa shape index (κ1) is 13.1. The highest BCUT2D eigenvalue weighted by molar-refractivity contribution is 6.32. The summed E-state index contributed by atoms with van der Waals surface area (Å²) in [5.41, 5.74) is 0. The fourth-order valence-corrected chi connectivity index (χ4v) is 3.13. The van der Waals surface area contributed by atoms with Crippen LogP contribution >= 0.6 is 11.6 Å². The molecule has 0 bridgehead atoms. The van der Waals surface area contributed by atoms with Gasteiger partial charge >= 0.3 is 0 Å². The molecule has 3 nitrogen and oxygen atoms in total. The van der Waals surface area contributed by atoms with Gasteiger partial charge in [0.15, 0.2) is 11.5 Å². The van der Waals surface area contributed by atoms with E-state index in [0.717, 1.165) is 18.8 Å². The Labute approximate surface area is 119 Å². The van der Waals surface area contributed by atoms with Gasteiger partial charge in [0.2, 0.25) is 0 Å². The first-order chi connectivity index (χ1) is 9.29. The first-order valence-electron chi connectivity index (χ1n) is 6.99. The molecular formula is C15H20ClNO2. The van der Waals surface area contributed by atoms with E-state index < -0.39 is 0 Å². The molecule has 0 unspecified atom stereocenters. The van der Waals surface area contributed by atoms with Gasteiger partial charge in [0.1, 0.15) is 6.10 Å². The molecular weight excluding hydrogens is 262 g/mol. The minimum absolute atomic E-state index is 0.294. The second-order valence-electron chi connectivity index (χ2n) is 5.44. The highest BCUT2D eigenvalue weighted by Gasteiger charge is 2.39. The normalized spacial score (nSPS) is 24.2. The summed E-state index contributed by atoms with van der Waals surface area (Å²) in [7, 11) is 1.64. The van der Waals surface area contributed by atoms with E-state index in [4.69, 9.17) is 21.1 Å². The molecule has 19 heavy (non-hydrogen) atoms. The van der Waals surface area contributed by atoms with Gasteiger partial charge in [-0.2, -0.15) is 0 Å². The molecule has 4 heteroatoms. The molecule has 0 aromatic heterocycles. The number of hydrogen-bond donors (Lipinski definition) is 1. The highest BCUT2D eigenvalue weighted by Crippen LogP contribution is 2.42. The third-order valence-corrected chi connectivity index (χ3v) is 4.35. The first-order valence-corrected chi connectivity index (χ1v) is 7.37. The number of methoxy groups -OCH3 is 1. The van der Waals surface area contributed by atoms with Crippen LogP contribution in [0.5, 0.6) is 11.5 Å². The zero-order valence-corrected chi connectivity index (χ0v) is 12.0. The van der Waals surface area contributed by atoms with Crippen LogP contribution in [-0.2, 0) is 0 Å². The smallest absolute Gasteiger partial charge is 0.179 e. The quantitative estimate of drug-likeness (QED) is 0.900. The van der Waals surface area contributed by atoms with Gasteiger partial charge in [-0.05, 0) is 43.9 Å². The van der Waals surface area contributed by atoms with E-state index in [1.165, 1.54) is 19.3 Å². The van der Waals surface area contributed by atoms with E-state index in [1.54, 1.807) is 7.11 Å². The van der Waals surface area contributed by atoms with Crippen LogP contribution in [0.1, 0.15) is 19.3 Å². The van der Waals surface area contributed by atoms with E-state index >= 15 is 0 Å². The number of benzene rings is 1. The molecule has 0 spiro atoms. The predicted molar refractivity (Wildman–Crippen MR) is 76.1 cm³/mol. The zero-order chi connectivity index (χ0) is 13.2. The lowest BCUT2D eigenvalue weighted by atomic mass is 9.97. The van der Waals surface area contributed by atoms with Gasteiger partial charge in [0, 0.05) is 12.5 Å². The van der Waals surface area contributed by atoms with Crippen LogP contribution in [0, 0.1) is 11.8 Å². The summed E-state index contributed by atoms with van der Waals surface area (Å²) in [5, 5.41) is 4.03. The van der Waals surface area contributed by atoms with Crippen LogP contribution in [0.15, 0.2) is 18.2 Å². The van der Waals surface area contributed by atoms with Crippen LogP contribution in [-0.4, -0.2) is 26.3 Å². The summed E-state index contributed by atoms with van der Waals surface area (Å²) in [5.74, 6) is 2.74. The molecule has 1 saturated heterocycles. The van der Waals surface area contributed by atoms with Crippen LogP contribution in [0.4, 0.5) is 0 Å². The number of ether oxygens (including phenoxy) is 2. The van der Waals surface area contributed by atoms with E-state index in [9.17, 15) is 0 Å². The molecule has 1 aliphatic carbocycles. The van der Waals surface area contributed by atoms with Crippen LogP contribution in [0.2, 0.25) is 5.02 Å². The number of nitrogens with one attached hydrogen (secondary N) is 1. The lowest BCUT2D eigenvalue weighted by Gasteiger charge is -2.25. The number of para-hydroxylation sites is 1. The Kier molecular flexibility index (Phi) is 3.85. The summed E-state index contributed by atoms with van der Waals surface area (Å²) in [6.45, 7) is 2.16. The minimum Gasteiger partial charge on any atom is -0.491 e. The van der Waals surface area contributed by atoms with Crippen molar-refractivity contribution < 1.29 is 9.47 Å². The summed E-state index contributed by atoms with van der Waals surface area (Å²) >= 11 is 6.15. The van der Waals surface area contributed by atoms with E-state index in [0.29, 0.717) is 28.7 Å². The second kappa shape index (κ2) is 5.59.